The second-order valence-corrected chi connectivity index (χ2v) is 4.37. The molecule has 18 heavy (non-hydrogen) atoms. The van der Waals surface area contributed by atoms with Crippen molar-refractivity contribution in [3.63, 3.8) is 0 Å². The largest absolute Gasteiger partial charge is 0.506 e. The van der Waals surface area contributed by atoms with E-state index in [0.29, 0.717) is 13.0 Å². The van der Waals surface area contributed by atoms with E-state index < -0.39 is 6.16 Å². The third kappa shape index (κ3) is 3.13. The summed E-state index contributed by atoms with van der Waals surface area (Å²) in [6, 6.07) is 7.84. The van der Waals surface area contributed by atoms with Crippen LogP contribution in [0.2, 0.25) is 0 Å². The van der Waals surface area contributed by atoms with Gasteiger partial charge in [0.25, 0.3) is 0 Å². The van der Waals surface area contributed by atoms with Crippen molar-refractivity contribution in [1.29, 1.82) is 0 Å². The molecule has 0 aromatic heterocycles. The third-order valence-corrected chi connectivity index (χ3v) is 3.16. The lowest BCUT2D eigenvalue weighted by Crippen LogP contribution is -2.40. The van der Waals surface area contributed by atoms with Crippen LogP contribution >= 0.6 is 0 Å². The zero-order valence-electron chi connectivity index (χ0n) is 10.3. The molecule has 1 heterocycles. The van der Waals surface area contributed by atoms with Crippen LogP contribution in [-0.4, -0.2) is 37.6 Å². The molecular formula is C13H17NO4. The van der Waals surface area contributed by atoms with Gasteiger partial charge < -0.3 is 19.9 Å². The summed E-state index contributed by atoms with van der Waals surface area (Å²) in [4.78, 5) is 10.5. The molecule has 2 rings (SSSR count). The minimum absolute atomic E-state index is 0.272. The summed E-state index contributed by atoms with van der Waals surface area (Å²) in [7, 11) is 1.63. The van der Waals surface area contributed by atoms with Crippen LogP contribution < -0.4 is 10.1 Å². The van der Waals surface area contributed by atoms with E-state index in [2.05, 4.69) is 5.32 Å². The summed E-state index contributed by atoms with van der Waals surface area (Å²) in [5.74, 6) is 1.09. The SMILES string of the molecule is COc1ccc(C2CNCC(OC(=O)O)C2)cc1. The molecule has 1 aromatic carbocycles. The Morgan fingerprint density at radius 2 is 2.06 bits per heavy atom. The number of benzene rings is 1. The Balaban J connectivity index is 2.01. The Morgan fingerprint density at radius 3 is 2.67 bits per heavy atom. The first kappa shape index (κ1) is 12.7. The Hall–Kier alpha value is -1.75. The van der Waals surface area contributed by atoms with Crippen molar-refractivity contribution in [2.75, 3.05) is 20.2 Å². The van der Waals surface area contributed by atoms with Crippen molar-refractivity contribution in [3.8, 4) is 5.75 Å². The van der Waals surface area contributed by atoms with Gasteiger partial charge in [-0.15, -0.1) is 0 Å². The van der Waals surface area contributed by atoms with E-state index in [9.17, 15) is 4.79 Å². The molecule has 5 nitrogen and oxygen atoms in total. The molecule has 2 unspecified atom stereocenters. The second kappa shape index (κ2) is 5.73. The number of hydrogen-bond acceptors (Lipinski definition) is 4. The van der Waals surface area contributed by atoms with Gasteiger partial charge in [0, 0.05) is 13.1 Å². The Kier molecular flexibility index (Phi) is 4.04. The van der Waals surface area contributed by atoms with Gasteiger partial charge in [-0.05, 0) is 30.0 Å². The lowest BCUT2D eigenvalue weighted by molar-refractivity contribution is 0.0379. The first-order chi connectivity index (χ1) is 8.69. The predicted octanol–water partition coefficient (Wildman–Crippen LogP) is 1.84. The number of carboxylic acid groups (broad SMARTS) is 1. The number of rotatable bonds is 3. The average Bonchev–Trinajstić information content (AvgIpc) is 2.38. The molecule has 0 amide bonds. The minimum Gasteiger partial charge on any atom is -0.497 e. The van der Waals surface area contributed by atoms with Crippen molar-refractivity contribution in [3.05, 3.63) is 29.8 Å². The Bertz CT molecular complexity index is 404. The molecule has 0 saturated carbocycles. The number of nitrogens with one attached hydrogen (secondary N) is 1. The highest BCUT2D eigenvalue weighted by atomic mass is 16.7. The average molecular weight is 251 g/mol. The molecule has 1 aliphatic heterocycles. The smallest absolute Gasteiger partial charge is 0.497 e. The van der Waals surface area contributed by atoms with Crippen LogP contribution in [0.1, 0.15) is 17.9 Å². The quantitative estimate of drug-likeness (QED) is 0.802. The van der Waals surface area contributed by atoms with Crippen molar-refractivity contribution in [1.82, 2.24) is 5.32 Å². The maximum Gasteiger partial charge on any atom is 0.506 e. The van der Waals surface area contributed by atoms with Crippen molar-refractivity contribution < 1.29 is 19.4 Å². The fourth-order valence-electron chi connectivity index (χ4n) is 2.26. The van der Waals surface area contributed by atoms with Gasteiger partial charge >= 0.3 is 6.16 Å². The van der Waals surface area contributed by atoms with Gasteiger partial charge in [0.1, 0.15) is 11.9 Å². The molecule has 2 atom stereocenters. The van der Waals surface area contributed by atoms with E-state index in [1.54, 1.807) is 7.11 Å². The number of hydrogen-bond donors (Lipinski definition) is 2. The Morgan fingerprint density at radius 1 is 1.33 bits per heavy atom. The van der Waals surface area contributed by atoms with Gasteiger partial charge in [0.15, 0.2) is 0 Å². The Labute approximate surface area is 106 Å². The van der Waals surface area contributed by atoms with E-state index >= 15 is 0 Å². The molecule has 2 N–H and O–H groups in total. The molecular weight excluding hydrogens is 234 g/mol. The fourth-order valence-corrected chi connectivity index (χ4v) is 2.26. The molecule has 98 valence electrons. The molecule has 0 radical (unpaired) electrons. The molecule has 5 heteroatoms. The van der Waals surface area contributed by atoms with Crippen LogP contribution in [0.4, 0.5) is 4.79 Å². The highest BCUT2D eigenvalue weighted by molar-refractivity contribution is 5.57. The summed E-state index contributed by atoms with van der Waals surface area (Å²) < 4.78 is 9.93. The van der Waals surface area contributed by atoms with Crippen LogP contribution in [0.25, 0.3) is 0 Å². The standard InChI is InChI=1S/C13H17NO4/c1-17-11-4-2-9(3-5-11)10-6-12(8-14-7-10)18-13(15)16/h2-5,10,12,14H,6-8H2,1H3,(H,15,16). The lowest BCUT2D eigenvalue weighted by atomic mass is 9.90. The van der Waals surface area contributed by atoms with E-state index in [1.807, 2.05) is 24.3 Å². The lowest BCUT2D eigenvalue weighted by Gasteiger charge is -2.29. The highest BCUT2D eigenvalue weighted by Crippen LogP contribution is 2.26. The first-order valence-corrected chi connectivity index (χ1v) is 5.93. The van der Waals surface area contributed by atoms with Gasteiger partial charge in [-0.3, -0.25) is 0 Å². The zero-order valence-corrected chi connectivity index (χ0v) is 10.3. The van der Waals surface area contributed by atoms with Gasteiger partial charge in [0.2, 0.25) is 0 Å². The van der Waals surface area contributed by atoms with Crippen LogP contribution in [0.5, 0.6) is 5.75 Å². The van der Waals surface area contributed by atoms with Crippen LogP contribution in [-0.2, 0) is 4.74 Å². The maximum atomic E-state index is 10.5. The minimum atomic E-state index is -1.21. The van der Waals surface area contributed by atoms with Gasteiger partial charge in [0.05, 0.1) is 7.11 Å². The normalized spacial score (nSPS) is 23.4. The summed E-state index contributed by atoms with van der Waals surface area (Å²) in [6.07, 6.45) is -0.772. The van der Waals surface area contributed by atoms with E-state index in [-0.39, 0.29) is 12.0 Å². The van der Waals surface area contributed by atoms with Crippen molar-refractivity contribution in [2.45, 2.75) is 18.4 Å². The number of methoxy groups -OCH3 is 1. The molecule has 0 aliphatic carbocycles. The number of carbonyl (C=O) groups is 1. The summed E-state index contributed by atoms with van der Waals surface area (Å²) in [6.45, 7) is 1.42. The van der Waals surface area contributed by atoms with E-state index in [4.69, 9.17) is 14.6 Å². The summed E-state index contributed by atoms with van der Waals surface area (Å²) >= 11 is 0. The molecule has 0 spiro atoms. The number of piperidine rings is 1. The van der Waals surface area contributed by atoms with Gasteiger partial charge in [-0.25, -0.2) is 4.79 Å². The molecule has 0 bridgehead atoms. The molecule has 1 fully saturated rings. The van der Waals surface area contributed by atoms with Gasteiger partial charge in [-0.2, -0.15) is 0 Å². The topological polar surface area (TPSA) is 67.8 Å². The van der Waals surface area contributed by atoms with Crippen LogP contribution in [0.3, 0.4) is 0 Å². The van der Waals surface area contributed by atoms with E-state index in [0.717, 1.165) is 12.3 Å². The van der Waals surface area contributed by atoms with Crippen molar-refractivity contribution >= 4 is 6.16 Å². The molecule has 1 aliphatic rings. The molecule has 1 aromatic rings. The summed E-state index contributed by atoms with van der Waals surface area (Å²) in [5, 5.41) is 11.8. The fraction of sp³-hybridized carbons (Fsp3) is 0.462. The summed E-state index contributed by atoms with van der Waals surface area (Å²) in [5.41, 5.74) is 1.17. The van der Waals surface area contributed by atoms with E-state index in [1.165, 1.54) is 5.56 Å². The second-order valence-electron chi connectivity index (χ2n) is 4.37. The predicted molar refractivity (Wildman–Crippen MR) is 66.1 cm³/mol. The zero-order chi connectivity index (χ0) is 13.0. The number of ether oxygens (including phenoxy) is 2. The van der Waals surface area contributed by atoms with Gasteiger partial charge in [-0.1, -0.05) is 12.1 Å². The highest BCUT2D eigenvalue weighted by Gasteiger charge is 2.25. The van der Waals surface area contributed by atoms with Crippen LogP contribution in [0.15, 0.2) is 24.3 Å². The maximum absolute atomic E-state index is 10.5. The van der Waals surface area contributed by atoms with Crippen LogP contribution in [0, 0.1) is 0 Å². The van der Waals surface area contributed by atoms with Crippen molar-refractivity contribution in [2.24, 2.45) is 0 Å². The molecule has 1 saturated heterocycles. The monoisotopic (exact) mass is 251 g/mol. The third-order valence-electron chi connectivity index (χ3n) is 3.16. The first-order valence-electron chi connectivity index (χ1n) is 5.93.